The van der Waals surface area contributed by atoms with Crippen LogP contribution in [0.15, 0.2) is 36.9 Å². The van der Waals surface area contributed by atoms with Gasteiger partial charge in [-0.1, -0.05) is 6.07 Å². The smallest absolute Gasteiger partial charge is 0.198 e. The number of pyridine rings is 1. The number of hydrogen-bond acceptors (Lipinski definition) is 3. The van der Waals surface area contributed by atoms with Crippen molar-refractivity contribution in [3.63, 3.8) is 0 Å². The zero-order valence-corrected chi connectivity index (χ0v) is 9.34. The van der Waals surface area contributed by atoms with Crippen molar-refractivity contribution in [3.05, 3.63) is 42.4 Å². The Morgan fingerprint density at radius 1 is 1.50 bits per heavy atom. The van der Waals surface area contributed by atoms with E-state index in [1.54, 1.807) is 12.5 Å². The van der Waals surface area contributed by atoms with Crippen molar-refractivity contribution in [2.45, 2.75) is 32.0 Å². The topological polar surface area (TPSA) is 31.4 Å². The van der Waals surface area contributed by atoms with E-state index in [1.165, 1.54) is 12.0 Å². The summed E-state index contributed by atoms with van der Waals surface area (Å²) in [6.45, 7) is 0.821. The highest BCUT2D eigenvalue weighted by Gasteiger charge is 2.12. The van der Waals surface area contributed by atoms with E-state index in [4.69, 9.17) is 9.47 Å². The Morgan fingerprint density at radius 3 is 3.25 bits per heavy atom. The molecule has 1 aromatic heterocycles. The molecule has 0 N–H and O–H groups in total. The third-order valence-corrected chi connectivity index (χ3v) is 2.54. The molecule has 3 heteroatoms. The normalized spacial score (nSPS) is 21.1. The molecule has 3 nitrogen and oxygen atoms in total. The van der Waals surface area contributed by atoms with Gasteiger partial charge in [-0.2, -0.15) is 0 Å². The van der Waals surface area contributed by atoms with Crippen molar-refractivity contribution in [2.75, 3.05) is 6.61 Å². The van der Waals surface area contributed by atoms with Gasteiger partial charge in [0.2, 0.25) is 0 Å². The molecule has 0 saturated carbocycles. The first-order valence-electron chi connectivity index (χ1n) is 5.76. The van der Waals surface area contributed by atoms with Crippen molar-refractivity contribution in [2.24, 2.45) is 0 Å². The largest absolute Gasteiger partial charge is 0.473 e. The highest BCUT2D eigenvalue weighted by Crippen LogP contribution is 2.13. The molecule has 1 aliphatic rings. The van der Waals surface area contributed by atoms with E-state index < -0.39 is 0 Å². The van der Waals surface area contributed by atoms with Crippen LogP contribution in [-0.2, 0) is 15.9 Å². The summed E-state index contributed by atoms with van der Waals surface area (Å²) in [7, 11) is 0. The van der Waals surface area contributed by atoms with E-state index in [0.717, 1.165) is 25.9 Å². The van der Waals surface area contributed by atoms with Crippen LogP contribution in [0.3, 0.4) is 0 Å². The van der Waals surface area contributed by atoms with Crippen LogP contribution in [0.2, 0.25) is 0 Å². The lowest BCUT2D eigenvalue weighted by molar-refractivity contribution is -0.129. The average Bonchev–Trinajstić information content (AvgIpc) is 2.37. The number of aromatic nitrogens is 1. The summed E-state index contributed by atoms with van der Waals surface area (Å²) >= 11 is 0. The average molecular weight is 219 g/mol. The minimum Gasteiger partial charge on any atom is -0.473 e. The van der Waals surface area contributed by atoms with Crippen LogP contribution in [0.25, 0.3) is 0 Å². The fourth-order valence-corrected chi connectivity index (χ4v) is 1.66. The molecule has 1 saturated heterocycles. The van der Waals surface area contributed by atoms with Crippen LogP contribution in [-0.4, -0.2) is 17.9 Å². The van der Waals surface area contributed by atoms with E-state index in [9.17, 15) is 0 Å². The predicted octanol–water partition coefficient (Wildman–Crippen LogP) is 2.68. The van der Waals surface area contributed by atoms with Crippen molar-refractivity contribution >= 4 is 0 Å². The number of nitrogens with zero attached hydrogens (tertiary/aromatic N) is 1. The molecule has 1 atom stereocenters. The first-order chi connectivity index (χ1) is 7.95. The molecule has 2 heterocycles. The number of hydrogen-bond donors (Lipinski definition) is 0. The van der Waals surface area contributed by atoms with E-state index in [2.05, 4.69) is 11.1 Å². The molecule has 16 heavy (non-hydrogen) atoms. The number of allylic oxidation sites excluding steroid dienone is 1. The van der Waals surface area contributed by atoms with Gasteiger partial charge in [0, 0.05) is 18.8 Å². The van der Waals surface area contributed by atoms with Crippen LogP contribution in [0.4, 0.5) is 0 Å². The third-order valence-electron chi connectivity index (χ3n) is 2.54. The van der Waals surface area contributed by atoms with Gasteiger partial charge in [0.15, 0.2) is 6.29 Å². The molecule has 1 fully saturated rings. The second-order valence-corrected chi connectivity index (χ2v) is 3.87. The monoisotopic (exact) mass is 219 g/mol. The van der Waals surface area contributed by atoms with Crippen LogP contribution in [0.1, 0.15) is 24.8 Å². The summed E-state index contributed by atoms with van der Waals surface area (Å²) in [5.74, 6) is 0. The molecule has 1 aliphatic heterocycles. The van der Waals surface area contributed by atoms with Gasteiger partial charge in [-0.05, 0) is 37.0 Å². The summed E-state index contributed by atoms with van der Waals surface area (Å²) in [6, 6.07) is 3.99. The Morgan fingerprint density at radius 2 is 2.50 bits per heavy atom. The van der Waals surface area contributed by atoms with Crippen molar-refractivity contribution < 1.29 is 9.47 Å². The summed E-state index contributed by atoms with van der Waals surface area (Å²) < 4.78 is 10.9. The lowest BCUT2D eigenvalue weighted by Gasteiger charge is -2.21. The molecule has 0 amide bonds. The Kier molecular flexibility index (Phi) is 4.37. The standard InChI is InChI=1S/C13H17NO2/c1-2-9-15-13(7-1)16-10-4-6-12-5-3-8-14-11-12/h3-5,8,10-11,13H,1-2,6-7,9H2/b10-4-. The maximum Gasteiger partial charge on any atom is 0.198 e. The summed E-state index contributed by atoms with van der Waals surface area (Å²) in [4.78, 5) is 4.05. The second-order valence-electron chi connectivity index (χ2n) is 3.87. The van der Waals surface area contributed by atoms with Crippen LogP contribution in [0.5, 0.6) is 0 Å². The van der Waals surface area contributed by atoms with Gasteiger partial charge in [-0.3, -0.25) is 4.98 Å². The van der Waals surface area contributed by atoms with Crippen molar-refractivity contribution in [3.8, 4) is 0 Å². The van der Waals surface area contributed by atoms with E-state index >= 15 is 0 Å². The molecule has 86 valence electrons. The Labute approximate surface area is 96.1 Å². The minimum atomic E-state index is -0.0427. The zero-order chi connectivity index (χ0) is 11.1. The quantitative estimate of drug-likeness (QED) is 0.729. The predicted molar refractivity (Wildman–Crippen MR) is 61.8 cm³/mol. The van der Waals surface area contributed by atoms with E-state index in [-0.39, 0.29) is 6.29 Å². The Bertz CT molecular complexity index is 318. The lowest BCUT2D eigenvalue weighted by Crippen LogP contribution is -2.19. The molecule has 0 spiro atoms. The van der Waals surface area contributed by atoms with Crippen molar-refractivity contribution in [1.29, 1.82) is 0 Å². The maximum absolute atomic E-state index is 5.48. The zero-order valence-electron chi connectivity index (χ0n) is 9.34. The van der Waals surface area contributed by atoms with Gasteiger partial charge in [0.1, 0.15) is 0 Å². The highest BCUT2D eigenvalue weighted by atomic mass is 16.7. The van der Waals surface area contributed by atoms with Crippen LogP contribution in [0, 0.1) is 0 Å². The molecule has 1 unspecified atom stereocenters. The summed E-state index contributed by atoms with van der Waals surface area (Å²) in [5, 5.41) is 0. The molecule has 0 radical (unpaired) electrons. The van der Waals surface area contributed by atoms with Gasteiger partial charge >= 0.3 is 0 Å². The van der Waals surface area contributed by atoms with Gasteiger partial charge < -0.3 is 9.47 Å². The Balaban J connectivity index is 1.69. The molecular weight excluding hydrogens is 202 g/mol. The summed E-state index contributed by atoms with van der Waals surface area (Å²) in [5.41, 5.74) is 1.19. The molecule has 0 aromatic carbocycles. The van der Waals surface area contributed by atoms with E-state index in [1.807, 2.05) is 18.3 Å². The SMILES string of the molecule is C(=C/OC1CCCCO1)/Cc1cccnc1. The molecule has 0 bridgehead atoms. The molecule has 1 aromatic rings. The first kappa shape index (κ1) is 11.1. The molecule has 0 aliphatic carbocycles. The fourth-order valence-electron chi connectivity index (χ4n) is 1.66. The molecular formula is C13H17NO2. The van der Waals surface area contributed by atoms with Gasteiger partial charge in [0.25, 0.3) is 0 Å². The van der Waals surface area contributed by atoms with Crippen LogP contribution >= 0.6 is 0 Å². The fraction of sp³-hybridized carbons (Fsp3) is 0.462. The van der Waals surface area contributed by atoms with Gasteiger partial charge in [-0.15, -0.1) is 0 Å². The van der Waals surface area contributed by atoms with E-state index in [0.29, 0.717) is 0 Å². The Hall–Kier alpha value is -1.35. The minimum absolute atomic E-state index is 0.0427. The van der Waals surface area contributed by atoms with Gasteiger partial charge in [0.05, 0.1) is 12.9 Å². The number of ether oxygens (including phenoxy) is 2. The van der Waals surface area contributed by atoms with Gasteiger partial charge in [-0.25, -0.2) is 0 Å². The lowest BCUT2D eigenvalue weighted by atomic mass is 10.2. The van der Waals surface area contributed by atoms with Crippen LogP contribution < -0.4 is 0 Å². The summed E-state index contributed by atoms with van der Waals surface area (Å²) in [6.07, 6.45) is 11.5. The number of rotatable bonds is 4. The second kappa shape index (κ2) is 6.28. The highest BCUT2D eigenvalue weighted by molar-refractivity contribution is 5.11. The maximum atomic E-state index is 5.48. The molecule has 2 rings (SSSR count). The first-order valence-corrected chi connectivity index (χ1v) is 5.76. The van der Waals surface area contributed by atoms with Crippen molar-refractivity contribution in [1.82, 2.24) is 4.98 Å². The third kappa shape index (κ3) is 3.66.